The van der Waals surface area contributed by atoms with Crippen LogP contribution in [0, 0.1) is 0 Å². The van der Waals surface area contributed by atoms with Crippen LogP contribution in [-0.4, -0.2) is 64.0 Å². The summed E-state index contributed by atoms with van der Waals surface area (Å²) in [6.07, 6.45) is 0.139. The van der Waals surface area contributed by atoms with E-state index in [0.29, 0.717) is 0 Å². The molecular formula is C15H28N2O6S. The Bertz CT molecular complexity index is 505. The molecular weight excluding hydrogens is 336 g/mol. The number of ether oxygens (including phenoxy) is 2. The van der Waals surface area contributed by atoms with Crippen molar-refractivity contribution in [2.24, 2.45) is 5.73 Å². The predicted octanol–water partition coefficient (Wildman–Crippen LogP) is 0.453. The molecule has 1 aliphatic heterocycles. The molecule has 140 valence electrons. The van der Waals surface area contributed by atoms with Crippen molar-refractivity contribution in [1.29, 1.82) is 0 Å². The molecule has 1 heterocycles. The Morgan fingerprint density at radius 2 is 1.96 bits per heavy atom. The lowest BCUT2D eigenvalue weighted by molar-refractivity contribution is -0.142. The molecule has 0 bridgehead atoms. The first kappa shape index (κ1) is 20.9. The number of carbonyl (C=O) groups is 3. The lowest BCUT2D eigenvalue weighted by Gasteiger charge is -2.39. The second-order valence-electron chi connectivity index (χ2n) is 6.78. The van der Waals surface area contributed by atoms with E-state index in [-0.39, 0.29) is 18.8 Å². The van der Waals surface area contributed by atoms with Crippen molar-refractivity contribution in [2.45, 2.75) is 57.2 Å². The Morgan fingerprint density at radius 1 is 1.38 bits per heavy atom. The van der Waals surface area contributed by atoms with Crippen molar-refractivity contribution in [3.63, 3.8) is 0 Å². The van der Waals surface area contributed by atoms with Crippen molar-refractivity contribution < 1.29 is 29.0 Å². The van der Waals surface area contributed by atoms with Gasteiger partial charge in [-0.15, -0.1) is 0 Å². The first-order valence-corrected chi connectivity index (χ1v) is 9.63. The number of hydrogen-bond acceptors (Lipinski definition) is 8. The number of hydrogen-bond donors (Lipinski definition) is 3. The van der Waals surface area contributed by atoms with Gasteiger partial charge in [0.15, 0.2) is 5.12 Å². The fraction of sp³-hybridized carbons (Fsp3) is 0.800. The van der Waals surface area contributed by atoms with E-state index in [9.17, 15) is 19.5 Å². The minimum Gasteiger partial charge on any atom is -0.468 e. The molecule has 0 aromatic rings. The normalized spacial score (nSPS) is 31.0. The molecule has 0 aliphatic carbocycles. The van der Waals surface area contributed by atoms with Gasteiger partial charge in [0, 0.05) is 12.4 Å². The van der Waals surface area contributed by atoms with Crippen LogP contribution in [0.5, 0.6) is 0 Å². The third-order valence-electron chi connectivity index (χ3n) is 3.60. The number of rotatable bonds is 4. The van der Waals surface area contributed by atoms with Gasteiger partial charge in [-0.05, 0) is 34.1 Å². The van der Waals surface area contributed by atoms with Crippen LogP contribution < -0.4 is 11.1 Å². The fourth-order valence-electron chi connectivity index (χ4n) is 2.59. The van der Waals surface area contributed by atoms with Gasteiger partial charge in [0.1, 0.15) is 11.6 Å². The Morgan fingerprint density at radius 3 is 2.38 bits per heavy atom. The summed E-state index contributed by atoms with van der Waals surface area (Å²) >= 11 is 0. The minimum atomic E-state index is -2.76. The van der Waals surface area contributed by atoms with E-state index in [0.717, 1.165) is 0 Å². The summed E-state index contributed by atoms with van der Waals surface area (Å²) in [5, 5.41) is 10.5. The Labute approximate surface area is 143 Å². The van der Waals surface area contributed by atoms with Gasteiger partial charge in [-0.2, -0.15) is 0 Å². The van der Waals surface area contributed by atoms with E-state index < -0.39 is 49.5 Å². The van der Waals surface area contributed by atoms with Crippen LogP contribution in [0.25, 0.3) is 0 Å². The van der Waals surface area contributed by atoms with Crippen LogP contribution in [0.4, 0.5) is 4.79 Å². The van der Waals surface area contributed by atoms with Gasteiger partial charge in [-0.25, -0.2) is 4.79 Å². The lowest BCUT2D eigenvalue weighted by Crippen LogP contribution is -2.43. The Hall–Kier alpha value is -1.16. The topological polar surface area (TPSA) is 128 Å². The highest BCUT2D eigenvalue weighted by Gasteiger charge is 2.56. The molecule has 0 radical (unpaired) electrons. The molecule has 1 saturated heterocycles. The van der Waals surface area contributed by atoms with Crippen molar-refractivity contribution in [3.8, 4) is 0 Å². The number of methoxy groups -OCH3 is 1. The number of nitrogens with two attached hydrogens (primary N) is 1. The monoisotopic (exact) mass is 364 g/mol. The maximum Gasteiger partial charge on any atom is 0.358 e. The molecule has 0 aromatic carbocycles. The zero-order valence-corrected chi connectivity index (χ0v) is 15.6. The number of esters is 1. The predicted molar refractivity (Wildman–Crippen MR) is 91.8 cm³/mol. The molecule has 24 heavy (non-hydrogen) atoms. The standard InChI is InChI=1S/C15H28N2O6S/c1-9(16)13(20)24(14(21)23-15(2,3)4)8-10(12(19)22-5)17-11(24)6-7-18/h9-11,17-18H,6-8,16H2,1-5H3/t9-,10?,11?/m0/s1. The van der Waals surface area contributed by atoms with E-state index in [1.54, 1.807) is 20.8 Å². The molecule has 4 atom stereocenters. The SMILES string of the molecule is COC(=O)C1CS(C(=O)OC(C)(C)C)(C(=O)[C@H](C)N)C(CCO)N1. The maximum atomic E-state index is 12.9. The van der Waals surface area contributed by atoms with E-state index in [1.165, 1.54) is 14.0 Å². The van der Waals surface area contributed by atoms with Gasteiger partial charge in [-0.1, -0.05) is 10.0 Å². The Kier molecular flexibility index (Phi) is 6.80. The number of carbonyl (C=O) groups excluding carboxylic acids is 3. The summed E-state index contributed by atoms with van der Waals surface area (Å²) in [6, 6.07) is -1.69. The lowest BCUT2D eigenvalue weighted by atomic mass is 10.2. The molecule has 0 saturated carbocycles. The zero-order valence-electron chi connectivity index (χ0n) is 14.8. The Balaban J connectivity index is 3.34. The highest BCUT2D eigenvalue weighted by atomic mass is 32.3. The van der Waals surface area contributed by atoms with Crippen molar-refractivity contribution in [1.82, 2.24) is 5.32 Å². The number of nitrogens with one attached hydrogen (secondary N) is 1. The average Bonchev–Trinajstić information content (AvgIpc) is 2.84. The quantitative estimate of drug-likeness (QED) is 0.614. The number of aliphatic hydroxyl groups excluding tert-OH is 1. The highest BCUT2D eigenvalue weighted by molar-refractivity contribution is 8.56. The molecule has 8 nitrogen and oxygen atoms in total. The van der Waals surface area contributed by atoms with Crippen LogP contribution >= 0.6 is 10.0 Å². The van der Waals surface area contributed by atoms with Gasteiger partial charge in [0.25, 0.3) is 0 Å². The second kappa shape index (κ2) is 7.81. The summed E-state index contributed by atoms with van der Waals surface area (Å²) in [5.74, 6) is -0.590. The summed E-state index contributed by atoms with van der Waals surface area (Å²) in [7, 11) is -1.52. The second-order valence-corrected chi connectivity index (χ2v) is 10.00. The van der Waals surface area contributed by atoms with Gasteiger partial charge in [0.05, 0.1) is 18.5 Å². The van der Waals surface area contributed by atoms with E-state index in [4.69, 9.17) is 15.2 Å². The molecule has 0 spiro atoms. The van der Waals surface area contributed by atoms with Gasteiger partial charge in [0.2, 0.25) is 0 Å². The van der Waals surface area contributed by atoms with E-state index in [1.807, 2.05) is 0 Å². The largest absolute Gasteiger partial charge is 0.468 e. The summed E-state index contributed by atoms with van der Waals surface area (Å²) in [6.45, 7) is 6.37. The molecule has 1 fully saturated rings. The van der Waals surface area contributed by atoms with Gasteiger partial charge >= 0.3 is 11.3 Å². The van der Waals surface area contributed by atoms with E-state index in [2.05, 4.69) is 5.32 Å². The highest BCUT2D eigenvalue weighted by Crippen LogP contribution is 2.60. The maximum absolute atomic E-state index is 12.9. The van der Waals surface area contributed by atoms with Crippen LogP contribution in [0.2, 0.25) is 0 Å². The smallest absolute Gasteiger partial charge is 0.358 e. The third kappa shape index (κ3) is 4.27. The van der Waals surface area contributed by atoms with Crippen molar-refractivity contribution >= 4 is 26.4 Å². The van der Waals surface area contributed by atoms with E-state index >= 15 is 0 Å². The third-order valence-corrected chi connectivity index (χ3v) is 7.57. The molecule has 1 aliphatic rings. The first-order valence-electron chi connectivity index (χ1n) is 7.76. The molecule has 4 N–H and O–H groups in total. The summed E-state index contributed by atoms with van der Waals surface area (Å²) < 4.78 is 10.2. The fourth-order valence-corrected chi connectivity index (χ4v) is 6.53. The molecule has 3 unspecified atom stereocenters. The van der Waals surface area contributed by atoms with Crippen molar-refractivity contribution in [2.75, 3.05) is 19.5 Å². The minimum absolute atomic E-state index is 0.0281. The molecule has 1 rings (SSSR count). The van der Waals surface area contributed by atoms with Gasteiger partial charge in [-0.3, -0.25) is 14.9 Å². The van der Waals surface area contributed by atoms with Crippen LogP contribution in [0.3, 0.4) is 0 Å². The number of aliphatic hydroxyl groups is 1. The zero-order chi connectivity index (χ0) is 18.7. The molecule has 9 heteroatoms. The van der Waals surface area contributed by atoms with Crippen LogP contribution in [0.1, 0.15) is 34.1 Å². The summed E-state index contributed by atoms with van der Waals surface area (Å²) in [4.78, 5) is 37.7. The van der Waals surface area contributed by atoms with Crippen LogP contribution in [0.15, 0.2) is 0 Å². The van der Waals surface area contributed by atoms with Gasteiger partial charge < -0.3 is 20.3 Å². The summed E-state index contributed by atoms with van der Waals surface area (Å²) in [5.41, 5.74) is 4.98. The molecule has 0 amide bonds. The van der Waals surface area contributed by atoms with Crippen molar-refractivity contribution in [3.05, 3.63) is 0 Å². The average molecular weight is 364 g/mol. The first-order chi connectivity index (χ1) is 11.0. The van der Waals surface area contributed by atoms with Crippen LogP contribution in [-0.2, 0) is 19.1 Å². The molecule has 0 aromatic heterocycles.